The van der Waals surface area contributed by atoms with Crippen molar-refractivity contribution in [3.8, 4) is 11.5 Å². The van der Waals surface area contributed by atoms with Crippen molar-refractivity contribution in [2.45, 2.75) is 26.0 Å². The second kappa shape index (κ2) is 9.57. The van der Waals surface area contributed by atoms with Crippen molar-refractivity contribution in [2.75, 3.05) is 13.7 Å². The van der Waals surface area contributed by atoms with Gasteiger partial charge in [0.1, 0.15) is 6.61 Å². The Hall–Kier alpha value is -2.53. The molecule has 2 rings (SSSR count). The van der Waals surface area contributed by atoms with E-state index < -0.39 is 5.97 Å². The van der Waals surface area contributed by atoms with Crippen LogP contribution in [-0.4, -0.2) is 24.7 Å². The third-order valence-corrected chi connectivity index (χ3v) is 3.54. The third kappa shape index (κ3) is 5.93. The Morgan fingerprint density at radius 1 is 1.08 bits per heavy atom. The molecule has 0 bridgehead atoms. The molecule has 0 fully saturated rings. The van der Waals surface area contributed by atoms with E-state index in [1.807, 2.05) is 48.5 Å². The number of hydrogen-bond acceptors (Lipinski definition) is 4. The van der Waals surface area contributed by atoms with E-state index in [-0.39, 0.29) is 6.42 Å². The van der Waals surface area contributed by atoms with Crippen LogP contribution in [0.1, 0.15) is 24.0 Å². The van der Waals surface area contributed by atoms with Crippen molar-refractivity contribution >= 4 is 5.97 Å². The van der Waals surface area contributed by atoms with Crippen LogP contribution in [0.2, 0.25) is 0 Å². The molecule has 0 unspecified atom stereocenters. The molecule has 2 N–H and O–H groups in total. The lowest BCUT2D eigenvalue weighted by atomic mass is 10.2. The van der Waals surface area contributed by atoms with Crippen molar-refractivity contribution in [2.24, 2.45) is 0 Å². The van der Waals surface area contributed by atoms with Gasteiger partial charge in [0.05, 0.1) is 7.11 Å². The lowest BCUT2D eigenvalue weighted by Crippen LogP contribution is -2.15. The van der Waals surface area contributed by atoms with E-state index in [0.29, 0.717) is 37.6 Å². The molecule has 0 heterocycles. The van der Waals surface area contributed by atoms with Gasteiger partial charge < -0.3 is 19.9 Å². The van der Waals surface area contributed by atoms with Crippen LogP contribution in [0, 0.1) is 0 Å². The molecule has 2 aromatic carbocycles. The van der Waals surface area contributed by atoms with Crippen LogP contribution in [0.15, 0.2) is 48.5 Å². The molecule has 0 amide bonds. The number of rotatable bonds is 10. The minimum absolute atomic E-state index is 0.182. The van der Waals surface area contributed by atoms with E-state index in [4.69, 9.17) is 14.6 Å². The minimum Gasteiger partial charge on any atom is -0.493 e. The SMILES string of the molecule is COc1ccc(CNCCCC(=O)O)cc1OCc1ccccc1. The zero-order chi connectivity index (χ0) is 17.2. The first-order valence-electron chi connectivity index (χ1n) is 7.95. The molecule has 0 aliphatic rings. The third-order valence-electron chi connectivity index (χ3n) is 3.54. The normalized spacial score (nSPS) is 10.4. The fourth-order valence-corrected chi connectivity index (χ4v) is 2.28. The number of aliphatic carboxylic acids is 1. The number of carboxylic acids is 1. The van der Waals surface area contributed by atoms with E-state index in [1.165, 1.54) is 0 Å². The Kier molecular flexibility index (Phi) is 7.11. The number of methoxy groups -OCH3 is 1. The number of nitrogens with one attached hydrogen (secondary N) is 1. The lowest BCUT2D eigenvalue weighted by molar-refractivity contribution is -0.137. The molecule has 0 spiro atoms. The van der Waals surface area contributed by atoms with Crippen LogP contribution >= 0.6 is 0 Å². The quantitative estimate of drug-likeness (QED) is 0.655. The first-order valence-corrected chi connectivity index (χ1v) is 7.95. The summed E-state index contributed by atoms with van der Waals surface area (Å²) < 4.78 is 11.2. The number of ether oxygens (including phenoxy) is 2. The van der Waals surface area contributed by atoms with Crippen LogP contribution in [0.25, 0.3) is 0 Å². The van der Waals surface area contributed by atoms with Gasteiger partial charge in [-0.05, 0) is 36.2 Å². The summed E-state index contributed by atoms with van der Waals surface area (Å²) in [6.07, 6.45) is 0.796. The van der Waals surface area contributed by atoms with Gasteiger partial charge in [-0.25, -0.2) is 0 Å². The van der Waals surface area contributed by atoms with E-state index >= 15 is 0 Å². The maximum Gasteiger partial charge on any atom is 0.303 e. The first kappa shape index (κ1) is 17.8. The second-order valence-electron chi connectivity index (χ2n) is 5.43. The topological polar surface area (TPSA) is 67.8 Å². The molecule has 0 aromatic heterocycles. The van der Waals surface area contributed by atoms with Crippen molar-refractivity contribution in [1.29, 1.82) is 0 Å². The van der Waals surface area contributed by atoms with Crippen molar-refractivity contribution in [3.05, 3.63) is 59.7 Å². The van der Waals surface area contributed by atoms with Crippen molar-refractivity contribution in [1.82, 2.24) is 5.32 Å². The van der Waals surface area contributed by atoms with Gasteiger partial charge in [-0.3, -0.25) is 4.79 Å². The molecule has 128 valence electrons. The van der Waals surface area contributed by atoms with E-state index in [1.54, 1.807) is 7.11 Å². The predicted octanol–water partition coefficient (Wildman–Crippen LogP) is 3.23. The largest absolute Gasteiger partial charge is 0.493 e. The van der Waals surface area contributed by atoms with Crippen molar-refractivity contribution in [3.63, 3.8) is 0 Å². The monoisotopic (exact) mass is 329 g/mol. The Morgan fingerprint density at radius 2 is 1.88 bits per heavy atom. The molecule has 0 radical (unpaired) electrons. The van der Waals surface area contributed by atoms with Gasteiger partial charge in [0, 0.05) is 13.0 Å². The summed E-state index contributed by atoms with van der Waals surface area (Å²) in [5.41, 5.74) is 2.16. The first-order chi connectivity index (χ1) is 11.7. The number of carbonyl (C=O) groups is 1. The fourth-order valence-electron chi connectivity index (χ4n) is 2.28. The van der Waals surface area contributed by atoms with Gasteiger partial charge >= 0.3 is 5.97 Å². The number of hydrogen-bond donors (Lipinski definition) is 2. The molecule has 5 heteroatoms. The van der Waals surface area contributed by atoms with E-state index in [2.05, 4.69) is 5.32 Å². The molecule has 0 aliphatic heterocycles. The summed E-state index contributed by atoms with van der Waals surface area (Å²) in [7, 11) is 1.62. The highest BCUT2D eigenvalue weighted by Crippen LogP contribution is 2.28. The Bertz CT molecular complexity index is 643. The highest BCUT2D eigenvalue weighted by Gasteiger charge is 2.06. The van der Waals surface area contributed by atoms with Gasteiger partial charge in [0.2, 0.25) is 0 Å². The van der Waals surface area contributed by atoms with Crippen LogP contribution in [0.3, 0.4) is 0 Å². The van der Waals surface area contributed by atoms with Gasteiger partial charge in [-0.1, -0.05) is 36.4 Å². The highest BCUT2D eigenvalue weighted by molar-refractivity contribution is 5.66. The van der Waals surface area contributed by atoms with Gasteiger partial charge in [-0.2, -0.15) is 0 Å². The summed E-state index contributed by atoms with van der Waals surface area (Å²) in [6, 6.07) is 15.8. The molecule has 0 atom stereocenters. The zero-order valence-electron chi connectivity index (χ0n) is 13.8. The number of benzene rings is 2. The lowest BCUT2D eigenvalue weighted by Gasteiger charge is -2.13. The Labute approximate surface area is 142 Å². The van der Waals surface area contributed by atoms with Gasteiger partial charge in [0.25, 0.3) is 0 Å². The molecular weight excluding hydrogens is 306 g/mol. The standard InChI is InChI=1S/C19H23NO4/c1-23-17-10-9-16(13-20-11-5-8-19(21)22)12-18(17)24-14-15-6-3-2-4-7-15/h2-4,6-7,9-10,12,20H,5,8,11,13-14H2,1H3,(H,21,22). The van der Waals surface area contributed by atoms with E-state index in [9.17, 15) is 4.79 Å². The van der Waals surface area contributed by atoms with Crippen molar-refractivity contribution < 1.29 is 19.4 Å². The van der Waals surface area contributed by atoms with Crippen LogP contribution in [-0.2, 0) is 17.9 Å². The Morgan fingerprint density at radius 3 is 2.58 bits per heavy atom. The summed E-state index contributed by atoms with van der Waals surface area (Å²) in [5, 5.41) is 11.9. The summed E-state index contributed by atoms with van der Waals surface area (Å²) in [4.78, 5) is 10.5. The summed E-state index contributed by atoms with van der Waals surface area (Å²) in [5.74, 6) is 0.629. The van der Waals surface area contributed by atoms with Crippen LogP contribution in [0.4, 0.5) is 0 Å². The molecule has 5 nitrogen and oxygen atoms in total. The average molecular weight is 329 g/mol. The van der Waals surface area contributed by atoms with Gasteiger partial charge in [0.15, 0.2) is 11.5 Å². The maximum absolute atomic E-state index is 10.5. The number of carboxylic acid groups (broad SMARTS) is 1. The highest BCUT2D eigenvalue weighted by atomic mass is 16.5. The smallest absolute Gasteiger partial charge is 0.303 e. The predicted molar refractivity (Wildman–Crippen MR) is 92.3 cm³/mol. The second-order valence-corrected chi connectivity index (χ2v) is 5.43. The van der Waals surface area contributed by atoms with Gasteiger partial charge in [-0.15, -0.1) is 0 Å². The maximum atomic E-state index is 10.5. The molecule has 0 saturated heterocycles. The molecule has 0 aliphatic carbocycles. The minimum atomic E-state index is -0.766. The Balaban J connectivity index is 1.90. The summed E-state index contributed by atoms with van der Waals surface area (Å²) in [6.45, 7) is 1.80. The molecule has 2 aromatic rings. The zero-order valence-corrected chi connectivity index (χ0v) is 13.8. The average Bonchev–Trinajstić information content (AvgIpc) is 2.60. The van der Waals surface area contributed by atoms with Crippen LogP contribution in [0.5, 0.6) is 11.5 Å². The molecular formula is C19H23NO4. The summed E-state index contributed by atoms with van der Waals surface area (Å²) >= 11 is 0. The van der Waals surface area contributed by atoms with E-state index in [0.717, 1.165) is 11.1 Å². The fraction of sp³-hybridized carbons (Fsp3) is 0.316. The molecule has 0 saturated carbocycles. The molecule has 24 heavy (non-hydrogen) atoms. The van der Waals surface area contributed by atoms with Crippen LogP contribution < -0.4 is 14.8 Å².